The van der Waals surface area contributed by atoms with Gasteiger partial charge in [-0.3, -0.25) is 4.79 Å². The lowest BCUT2D eigenvalue weighted by Gasteiger charge is -2.00. The summed E-state index contributed by atoms with van der Waals surface area (Å²) in [6.45, 7) is 1.39. The average molecular weight is 187 g/mol. The van der Waals surface area contributed by atoms with Gasteiger partial charge < -0.3 is 5.11 Å². The third kappa shape index (κ3) is 2.20. The van der Waals surface area contributed by atoms with Gasteiger partial charge in [0.2, 0.25) is 0 Å². The first-order chi connectivity index (χ1) is 6.65. The monoisotopic (exact) mass is 187 g/mol. The Kier molecular flexibility index (Phi) is 3.03. The van der Waals surface area contributed by atoms with Crippen LogP contribution in [0, 0.1) is 11.3 Å². The lowest BCUT2D eigenvalue weighted by Crippen LogP contribution is -1.92. The number of aromatic hydroxyl groups is 1. The predicted molar refractivity (Wildman–Crippen MR) is 52.8 cm³/mol. The largest absolute Gasteiger partial charge is 0.507 e. The number of hydrogen-bond donors (Lipinski definition) is 1. The van der Waals surface area contributed by atoms with Gasteiger partial charge in [0.1, 0.15) is 5.75 Å². The molecule has 1 rings (SSSR count). The van der Waals surface area contributed by atoms with Gasteiger partial charge >= 0.3 is 0 Å². The topological polar surface area (TPSA) is 61.1 Å². The van der Waals surface area contributed by atoms with Crippen molar-refractivity contribution in [3.8, 4) is 11.8 Å². The summed E-state index contributed by atoms with van der Waals surface area (Å²) in [7, 11) is 0. The molecule has 70 valence electrons. The number of hydrogen-bond acceptors (Lipinski definition) is 3. The highest BCUT2D eigenvalue weighted by Crippen LogP contribution is 2.19. The van der Waals surface area contributed by atoms with E-state index in [1.54, 1.807) is 12.1 Å². The van der Waals surface area contributed by atoms with Crippen molar-refractivity contribution in [3.63, 3.8) is 0 Å². The molecule has 0 saturated carbocycles. The van der Waals surface area contributed by atoms with Gasteiger partial charge in [-0.25, -0.2) is 0 Å². The Morgan fingerprint density at radius 3 is 2.79 bits per heavy atom. The van der Waals surface area contributed by atoms with E-state index >= 15 is 0 Å². The van der Waals surface area contributed by atoms with Crippen molar-refractivity contribution in [2.75, 3.05) is 0 Å². The zero-order valence-corrected chi connectivity index (χ0v) is 7.69. The van der Waals surface area contributed by atoms with E-state index in [-0.39, 0.29) is 11.5 Å². The van der Waals surface area contributed by atoms with Crippen LogP contribution < -0.4 is 0 Å². The van der Waals surface area contributed by atoms with Gasteiger partial charge in [-0.15, -0.1) is 0 Å². The summed E-state index contributed by atoms with van der Waals surface area (Å²) >= 11 is 0. The van der Waals surface area contributed by atoms with Crippen LogP contribution in [0.15, 0.2) is 24.3 Å². The molecule has 0 amide bonds. The summed E-state index contributed by atoms with van der Waals surface area (Å²) in [4.78, 5) is 11.0. The minimum absolute atomic E-state index is 0.0578. The number of carbonyl (C=O) groups excluding carboxylic acids is 1. The van der Waals surface area contributed by atoms with Crippen molar-refractivity contribution in [3.05, 3.63) is 35.4 Å². The third-order valence-electron chi connectivity index (χ3n) is 1.75. The number of nitriles is 1. The smallest absolute Gasteiger partial charge is 0.163 e. The van der Waals surface area contributed by atoms with Gasteiger partial charge in [0.25, 0.3) is 0 Å². The van der Waals surface area contributed by atoms with Crippen molar-refractivity contribution in [1.29, 1.82) is 5.26 Å². The number of nitrogens with zero attached hydrogens (tertiary/aromatic N) is 1. The number of allylic oxidation sites excluding steroid dienone is 1. The molecule has 1 aromatic carbocycles. The molecular weight excluding hydrogens is 178 g/mol. The highest BCUT2D eigenvalue weighted by atomic mass is 16.3. The maximum atomic E-state index is 11.0. The minimum atomic E-state index is -0.182. The molecule has 1 N–H and O–H groups in total. The number of ketones is 1. The molecule has 0 radical (unpaired) electrons. The molecule has 3 nitrogen and oxygen atoms in total. The van der Waals surface area contributed by atoms with Gasteiger partial charge in [0.15, 0.2) is 5.78 Å². The predicted octanol–water partition coefficient (Wildman–Crippen LogP) is 2.13. The summed E-state index contributed by atoms with van der Waals surface area (Å²) in [5.41, 5.74) is 0.980. The van der Waals surface area contributed by atoms with Crippen LogP contribution in [0.25, 0.3) is 6.08 Å². The van der Waals surface area contributed by atoms with Gasteiger partial charge in [0, 0.05) is 6.08 Å². The summed E-state index contributed by atoms with van der Waals surface area (Å²) in [5.74, 6) is -0.240. The van der Waals surface area contributed by atoms with Crippen molar-refractivity contribution in [2.45, 2.75) is 6.92 Å². The van der Waals surface area contributed by atoms with Crippen LogP contribution in [-0.2, 0) is 0 Å². The van der Waals surface area contributed by atoms with E-state index < -0.39 is 0 Å². The fraction of sp³-hybridized carbons (Fsp3) is 0.0909. The van der Waals surface area contributed by atoms with Gasteiger partial charge in [0.05, 0.1) is 11.6 Å². The Balaban J connectivity index is 3.08. The lowest BCUT2D eigenvalue weighted by molar-refractivity contribution is 0.101. The number of carbonyl (C=O) groups is 1. The normalized spacial score (nSPS) is 10.0. The zero-order valence-electron chi connectivity index (χ0n) is 7.69. The molecule has 0 aliphatic carbocycles. The van der Waals surface area contributed by atoms with Crippen LogP contribution in [0.1, 0.15) is 22.8 Å². The van der Waals surface area contributed by atoms with E-state index in [0.29, 0.717) is 11.1 Å². The van der Waals surface area contributed by atoms with Crippen molar-refractivity contribution in [1.82, 2.24) is 0 Å². The molecule has 0 heterocycles. The zero-order chi connectivity index (χ0) is 10.6. The highest BCUT2D eigenvalue weighted by Gasteiger charge is 2.05. The first kappa shape index (κ1) is 10.0. The molecule has 0 aromatic heterocycles. The van der Waals surface area contributed by atoms with Crippen LogP contribution in [0.3, 0.4) is 0 Å². The minimum Gasteiger partial charge on any atom is -0.507 e. The Hall–Kier alpha value is -2.08. The van der Waals surface area contributed by atoms with Crippen LogP contribution in [0.4, 0.5) is 0 Å². The van der Waals surface area contributed by atoms with Crippen molar-refractivity contribution in [2.24, 2.45) is 0 Å². The molecule has 0 aliphatic rings. The Morgan fingerprint density at radius 1 is 1.57 bits per heavy atom. The van der Waals surface area contributed by atoms with Gasteiger partial charge in [-0.05, 0) is 30.7 Å². The van der Waals surface area contributed by atoms with Crippen molar-refractivity contribution < 1.29 is 9.90 Å². The second kappa shape index (κ2) is 4.24. The van der Waals surface area contributed by atoms with Gasteiger partial charge in [-0.2, -0.15) is 5.26 Å². The quantitative estimate of drug-likeness (QED) is 0.569. The van der Waals surface area contributed by atoms with E-state index in [0.717, 1.165) is 0 Å². The van der Waals surface area contributed by atoms with Gasteiger partial charge in [-0.1, -0.05) is 6.07 Å². The van der Waals surface area contributed by atoms with E-state index in [1.165, 1.54) is 25.1 Å². The number of rotatable bonds is 2. The SMILES string of the molecule is CC(=O)c1ccc(C=CC#N)cc1O. The standard InChI is InChI=1S/C11H9NO2/c1-8(13)10-5-4-9(3-2-6-12)7-11(10)14/h2-5,7,14H,1H3. The Bertz CT molecular complexity index is 427. The number of Topliss-reactive ketones (excluding diaryl/α,β-unsaturated/α-hetero) is 1. The molecule has 14 heavy (non-hydrogen) atoms. The Labute approximate surface area is 81.9 Å². The molecule has 0 aliphatic heterocycles. The maximum absolute atomic E-state index is 11.0. The second-order valence-electron chi connectivity index (χ2n) is 2.80. The molecule has 0 bridgehead atoms. The van der Waals surface area contributed by atoms with E-state index in [4.69, 9.17) is 5.26 Å². The van der Waals surface area contributed by atoms with Crippen LogP contribution in [0.5, 0.6) is 5.75 Å². The third-order valence-corrected chi connectivity index (χ3v) is 1.75. The maximum Gasteiger partial charge on any atom is 0.163 e. The van der Waals surface area contributed by atoms with Crippen LogP contribution in [0.2, 0.25) is 0 Å². The molecule has 1 aromatic rings. The molecule has 3 heteroatoms. The highest BCUT2D eigenvalue weighted by molar-refractivity contribution is 5.96. The first-order valence-electron chi connectivity index (χ1n) is 4.05. The van der Waals surface area contributed by atoms with Crippen LogP contribution >= 0.6 is 0 Å². The summed E-state index contributed by atoms with van der Waals surface area (Å²) in [6.07, 6.45) is 2.87. The molecule has 0 unspecified atom stereocenters. The number of phenolic OH excluding ortho intramolecular Hbond substituents is 1. The molecular formula is C11H9NO2. The fourth-order valence-electron chi connectivity index (χ4n) is 1.08. The first-order valence-corrected chi connectivity index (χ1v) is 4.05. The summed E-state index contributed by atoms with van der Waals surface area (Å²) < 4.78 is 0. The molecule has 0 atom stereocenters. The summed E-state index contributed by atoms with van der Waals surface area (Å²) in [5, 5.41) is 17.7. The van der Waals surface area contributed by atoms with Crippen LogP contribution in [-0.4, -0.2) is 10.9 Å². The second-order valence-corrected chi connectivity index (χ2v) is 2.80. The summed E-state index contributed by atoms with van der Waals surface area (Å²) in [6, 6.07) is 6.50. The lowest BCUT2D eigenvalue weighted by atomic mass is 10.1. The average Bonchev–Trinajstić information content (AvgIpc) is 2.14. The molecule has 0 saturated heterocycles. The van der Waals surface area contributed by atoms with Crippen molar-refractivity contribution >= 4 is 11.9 Å². The van der Waals surface area contributed by atoms with E-state index in [9.17, 15) is 9.90 Å². The molecule has 0 spiro atoms. The Morgan fingerprint density at radius 2 is 2.29 bits per heavy atom. The van der Waals surface area contributed by atoms with E-state index in [1.807, 2.05) is 6.07 Å². The number of phenols is 1. The fourth-order valence-corrected chi connectivity index (χ4v) is 1.08. The number of benzene rings is 1. The molecule has 0 fully saturated rings. The van der Waals surface area contributed by atoms with E-state index in [2.05, 4.69) is 0 Å².